The number of hydrogen-bond donors (Lipinski definition) is 0. The van der Waals surface area contributed by atoms with E-state index in [1.807, 2.05) is 11.3 Å². The fourth-order valence-corrected chi connectivity index (χ4v) is 9.64. The lowest BCUT2D eigenvalue weighted by atomic mass is 9.98. The summed E-state index contributed by atoms with van der Waals surface area (Å²) in [5.74, 6) is 0. The van der Waals surface area contributed by atoms with Gasteiger partial charge < -0.3 is 9.47 Å². The zero-order valence-electron chi connectivity index (χ0n) is 31.1. The Morgan fingerprint density at radius 2 is 0.825 bits per heavy atom. The lowest BCUT2D eigenvalue weighted by Gasteiger charge is -2.26. The molecule has 0 aliphatic rings. The molecular weight excluding hydrogens is 709 g/mol. The van der Waals surface area contributed by atoms with Crippen LogP contribution in [0.4, 0.5) is 17.1 Å². The molecule has 0 bridgehead atoms. The molecule has 11 aromatic rings. The molecule has 2 nitrogen and oxygen atoms in total. The second-order valence-corrected chi connectivity index (χ2v) is 15.6. The number of thiophene rings is 1. The van der Waals surface area contributed by atoms with Gasteiger partial charge in [-0.2, -0.15) is 0 Å². The van der Waals surface area contributed by atoms with Crippen LogP contribution in [0.1, 0.15) is 0 Å². The summed E-state index contributed by atoms with van der Waals surface area (Å²) in [6, 6.07) is 79.2. The van der Waals surface area contributed by atoms with E-state index in [0.29, 0.717) is 0 Å². The van der Waals surface area contributed by atoms with Gasteiger partial charge in [0.25, 0.3) is 0 Å². The van der Waals surface area contributed by atoms with Crippen LogP contribution in [0.5, 0.6) is 0 Å². The molecule has 0 atom stereocenters. The normalized spacial score (nSPS) is 11.5. The van der Waals surface area contributed by atoms with E-state index >= 15 is 0 Å². The Bertz CT molecular complexity index is 3200. The standard InChI is InChI=1S/C54H36N2S/c1-3-12-37(13-4-1)39-26-31-44(32-27-39)55(52-20-11-18-48-47-17-8-10-21-53(47)57-54(48)52)45-33-28-40(29-34-45)38-22-24-41(25-23-38)42-30-35-51-49(36-42)46-16-7-9-19-50(46)56(51)43-14-5-2-6-15-43/h1-36H. The maximum Gasteiger partial charge on any atom is 0.0640 e. The molecule has 9 aromatic carbocycles. The van der Waals surface area contributed by atoms with Crippen molar-refractivity contribution >= 4 is 70.4 Å². The Labute approximate surface area is 335 Å². The van der Waals surface area contributed by atoms with Crippen molar-refractivity contribution < 1.29 is 0 Å². The van der Waals surface area contributed by atoms with Crippen molar-refractivity contribution in [3.05, 3.63) is 218 Å². The van der Waals surface area contributed by atoms with Gasteiger partial charge in [0.2, 0.25) is 0 Å². The first-order valence-corrected chi connectivity index (χ1v) is 20.2. The van der Waals surface area contributed by atoms with Crippen molar-refractivity contribution in [3.8, 4) is 39.1 Å². The van der Waals surface area contributed by atoms with Gasteiger partial charge >= 0.3 is 0 Å². The maximum atomic E-state index is 2.41. The average molecular weight is 745 g/mol. The zero-order chi connectivity index (χ0) is 37.7. The Morgan fingerprint density at radius 1 is 0.333 bits per heavy atom. The molecule has 0 aliphatic heterocycles. The van der Waals surface area contributed by atoms with Gasteiger partial charge in [-0.25, -0.2) is 0 Å². The Morgan fingerprint density at radius 3 is 1.51 bits per heavy atom. The molecule has 0 spiro atoms. The van der Waals surface area contributed by atoms with Gasteiger partial charge in [-0.1, -0.05) is 152 Å². The number of para-hydroxylation sites is 2. The zero-order valence-corrected chi connectivity index (χ0v) is 31.9. The molecule has 268 valence electrons. The highest BCUT2D eigenvalue weighted by Crippen LogP contribution is 2.45. The predicted octanol–water partition coefficient (Wildman–Crippen LogP) is 15.6. The molecule has 0 amide bonds. The fraction of sp³-hybridized carbons (Fsp3) is 0. The summed E-state index contributed by atoms with van der Waals surface area (Å²) in [5, 5.41) is 5.12. The van der Waals surface area contributed by atoms with E-state index in [2.05, 4.69) is 228 Å². The molecule has 0 saturated carbocycles. The van der Waals surface area contributed by atoms with Crippen LogP contribution in [-0.4, -0.2) is 4.57 Å². The number of fused-ring (bicyclic) bond motifs is 6. The average Bonchev–Trinajstić information content (AvgIpc) is 3.84. The topological polar surface area (TPSA) is 8.17 Å². The minimum atomic E-state index is 1.12. The van der Waals surface area contributed by atoms with Crippen LogP contribution in [0.3, 0.4) is 0 Å². The number of aromatic nitrogens is 1. The van der Waals surface area contributed by atoms with E-state index in [1.54, 1.807) is 0 Å². The Hall–Kier alpha value is -7.20. The van der Waals surface area contributed by atoms with E-state index in [-0.39, 0.29) is 0 Å². The molecule has 2 heterocycles. The van der Waals surface area contributed by atoms with Crippen LogP contribution in [-0.2, 0) is 0 Å². The fourth-order valence-electron chi connectivity index (χ4n) is 8.43. The summed E-state index contributed by atoms with van der Waals surface area (Å²) in [4.78, 5) is 2.41. The van der Waals surface area contributed by atoms with Crippen LogP contribution in [0.2, 0.25) is 0 Å². The third-order valence-corrected chi connectivity index (χ3v) is 12.4. The quantitative estimate of drug-likeness (QED) is 0.158. The van der Waals surface area contributed by atoms with E-state index in [9.17, 15) is 0 Å². The lowest BCUT2D eigenvalue weighted by Crippen LogP contribution is -2.10. The Kier molecular flexibility index (Phi) is 8.04. The van der Waals surface area contributed by atoms with Crippen LogP contribution >= 0.6 is 11.3 Å². The van der Waals surface area contributed by atoms with Crippen molar-refractivity contribution in [1.29, 1.82) is 0 Å². The molecule has 0 saturated heterocycles. The summed E-state index contributed by atoms with van der Waals surface area (Å²) in [7, 11) is 0. The van der Waals surface area contributed by atoms with E-state index in [1.165, 1.54) is 86.7 Å². The molecule has 0 unspecified atom stereocenters. The van der Waals surface area contributed by atoms with E-state index in [4.69, 9.17) is 0 Å². The molecule has 11 rings (SSSR count). The predicted molar refractivity (Wildman–Crippen MR) is 245 cm³/mol. The summed E-state index contributed by atoms with van der Waals surface area (Å²) < 4.78 is 4.95. The summed E-state index contributed by atoms with van der Waals surface area (Å²) in [5.41, 5.74) is 14.3. The van der Waals surface area contributed by atoms with Gasteiger partial charge in [0.15, 0.2) is 0 Å². The first kappa shape index (κ1) is 33.2. The molecule has 0 fully saturated rings. The van der Waals surface area contributed by atoms with E-state index in [0.717, 1.165) is 11.4 Å². The SMILES string of the molecule is c1ccc(-c2ccc(N(c3ccc(-c4ccc(-c5ccc6c(c5)c5ccccc5n6-c5ccccc5)cc4)cc3)c3cccc4c3sc3ccccc34)cc2)cc1. The van der Waals surface area contributed by atoms with Crippen LogP contribution in [0.25, 0.3) is 81.0 Å². The number of hydrogen-bond acceptors (Lipinski definition) is 2. The third kappa shape index (κ3) is 5.80. The van der Waals surface area contributed by atoms with Crippen molar-refractivity contribution in [1.82, 2.24) is 4.57 Å². The molecular formula is C54H36N2S. The van der Waals surface area contributed by atoms with Gasteiger partial charge in [0.05, 0.1) is 21.4 Å². The van der Waals surface area contributed by atoms with Crippen LogP contribution in [0.15, 0.2) is 218 Å². The van der Waals surface area contributed by atoms with Crippen molar-refractivity contribution in [2.24, 2.45) is 0 Å². The molecule has 3 heteroatoms. The summed E-state index contributed by atoms with van der Waals surface area (Å²) >= 11 is 1.86. The van der Waals surface area contributed by atoms with Gasteiger partial charge in [-0.05, 0) is 100 Å². The lowest BCUT2D eigenvalue weighted by molar-refractivity contribution is 1.18. The van der Waals surface area contributed by atoms with Gasteiger partial charge in [-0.15, -0.1) is 11.3 Å². The van der Waals surface area contributed by atoms with Gasteiger partial charge in [0.1, 0.15) is 0 Å². The number of nitrogens with zero attached hydrogens (tertiary/aromatic N) is 2. The van der Waals surface area contributed by atoms with Crippen molar-refractivity contribution in [3.63, 3.8) is 0 Å². The number of benzene rings is 9. The van der Waals surface area contributed by atoms with Crippen LogP contribution < -0.4 is 4.90 Å². The highest BCUT2D eigenvalue weighted by atomic mass is 32.1. The molecule has 0 N–H and O–H groups in total. The summed E-state index contributed by atoms with van der Waals surface area (Å²) in [6.07, 6.45) is 0. The van der Waals surface area contributed by atoms with Crippen molar-refractivity contribution in [2.75, 3.05) is 4.90 Å². The highest BCUT2D eigenvalue weighted by molar-refractivity contribution is 7.26. The molecule has 0 radical (unpaired) electrons. The molecule has 0 aliphatic carbocycles. The van der Waals surface area contributed by atoms with Crippen LogP contribution in [0, 0.1) is 0 Å². The van der Waals surface area contributed by atoms with Gasteiger partial charge in [-0.3, -0.25) is 0 Å². The first-order chi connectivity index (χ1) is 28.3. The number of anilines is 3. The molecule has 2 aromatic heterocycles. The number of rotatable bonds is 7. The monoisotopic (exact) mass is 744 g/mol. The molecule has 57 heavy (non-hydrogen) atoms. The minimum Gasteiger partial charge on any atom is -0.309 e. The van der Waals surface area contributed by atoms with Gasteiger partial charge in [0, 0.05) is 43.3 Å². The minimum absolute atomic E-state index is 1.12. The second kappa shape index (κ2) is 13.8. The highest BCUT2D eigenvalue weighted by Gasteiger charge is 2.19. The smallest absolute Gasteiger partial charge is 0.0640 e. The Balaban J connectivity index is 0.946. The van der Waals surface area contributed by atoms with Crippen molar-refractivity contribution in [2.45, 2.75) is 0 Å². The summed E-state index contributed by atoms with van der Waals surface area (Å²) in [6.45, 7) is 0. The first-order valence-electron chi connectivity index (χ1n) is 19.4. The van der Waals surface area contributed by atoms with E-state index < -0.39 is 0 Å². The second-order valence-electron chi connectivity index (χ2n) is 14.5. The maximum absolute atomic E-state index is 2.41. The third-order valence-electron chi connectivity index (χ3n) is 11.2. The largest absolute Gasteiger partial charge is 0.309 e.